The van der Waals surface area contributed by atoms with E-state index in [4.69, 9.17) is 9.84 Å². The maximum Gasteiger partial charge on any atom is 0.306 e. The molecule has 0 bridgehead atoms. The third-order valence-corrected chi connectivity index (χ3v) is 4.00. The van der Waals surface area contributed by atoms with Crippen LogP contribution in [0.5, 0.6) is 5.75 Å². The highest BCUT2D eigenvalue weighted by Crippen LogP contribution is 2.24. The maximum absolute atomic E-state index is 11.8. The summed E-state index contributed by atoms with van der Waals surface area (Å²) in [5, 5.41) is 14.3. The normalized spacial score (nSPS) is 20.0. The highest BCUT2D eigenvalue weighted by atomic mass is 16.5. The monoisotopic (exact) mass is 334 g/mol. The number of hydrogen-bond donors (Lipinski definition) is 3. The number of carbonyl (C=O) groups excluding carboxylic acids is 2. The molecule has 0 unspecified atom stereocenters. The molecule has 0 radical (unpaired) electrons. The number of para-hydroxylation sites is 1. The van der Waals surface area contributed by atoms with Gasteiger partial charge < -0.3 is 20.5 Å². The lowest BCUT2D eigenvalue weighted by atomic mass is 9.86. The fourth-order valence-corrected chi connectivity index (χ4v) is 2.66. The summed E-state index contributed by atoms with van der Waals surface area (Å²) in [5.41, 5.74) is 0. The van der Waals surface area contributed by atoms with E-state index in [0.29, 0.717) is 31.4 Å². The van der Waals surface area contributed by atoms with Gasteiger partial charge in [-0.1, -0.05) is 18.2 Å². The van der Waals surface area contributed by atoms with E-state index in [-0.39, 0.29) is 36.9 Å². The molecular formula is C17H22N2O5. The van der Waals surface area contributed by atoms with Crippen molar-refractivity contribution >= 4 is 17.8 Å². The van der Waals surface area contributed by atoms with Gasteiger partial charge in [0.05, 0.1) is 12.5 Å². The lowest BCUT2D eigenvalue weighted by Crippen LogP contribution is -2.44. The van der Waals surface area contributed by atoms with Crippen LogP contribution < -0.4 is 15.4 Å². The van der Waals surface area contributed by atoms with Crippen molar-refractivity contribution < 1.29 is 24.2 Å². The molecule has 1 aliphatic rings. The standard InChI is InChI=1S/C17H22N2O5/c20-15(19-13-8-6-12(7-9-13)17(22)23)10-18-16(21)11-24-14-4-2-1-3-5-14/h1-5,12-13H,6-11H2,(H,18,21)(H,19,20)(H,22,23). The summed E-state index contributed by atoms with van der Waals surface area (Å²) in [5.74, 6) is -1.14. The minimum absolute atomic E-state index is 0.0226. The van der Waals surface area contributed by atoms with Crippen LogP contribution >= 0.6 is 0 Å². The van der Waals surface area contributed by atoms with Gasteiger partial charge in [-0.3, -0.25) is 14.4 Å². The predicted octanol–water partition coefficient (Wildman–Crippen LogP) is 0.941. The van der Waals surface area contributed by atoms with E-state index in [1.165, 1.54) is 0 Å². The second kappa shape index (κ2) is 8.90. The number of carbonyl (C=O) groups is 3. The summed E-state index contributed by atoms with van der Waals surface area (Å²) < 4.78 is 5.28. The number of hydrogen-bond acceptors (Lipinski definition) is 4. The second-order valence-corrected chi connectivity index (χ2v) is 5.83. The second-order valence-electron chi connectivity index (χ2n) is 5.83. The van der Waals surface area contributed by atoms with Gasteiger partial charge in [0.25, 0.3) is 5.91 Å². The topological polar surface area (TPSA) is 105 Å². The molecule has 1 aliphatic carbocycles. The van der Waals surface area contributed by atoms with Crippen LogP contribution in [-0.4, -0.2) is 42.1 Å². The van der Waals surface area contributed by atoms with Gasteiger partial charge in [0, 0.05) is 6.04 Å². The molecule has 1 aromatic carbocycles. The molecule has 24 heavy (non-hydrogen) atoms. The van der Waals surface area contributed by atoms with Crippen molar-refractivity contribution in [2.75, 3.05) is 13.2 Å². The van der Waals surface area contributed by atoms with Gasteiger partial charge in [0.15, 0.2) is 6.61 Å². The highest BCUT2D eigenvalue weighted by Gasteiger charge is 2.26. The molecule has 0 aliphatic heterocycles. The molecule has 2 amide bonds. The molecule has 0 saturated heterocycles. The molecule has 7 nitrogen and oxygen atoms in total. The molecule has 0 spiro atoms. The van der Waals surface area contributed by atoms with Gasteiger partial charge in [-0.05, 0) is 37.8 Å². The number of carboxylic acids is 1. The minimum Gasteiger partial charge on any atom is -0.484 e. The summed E-state index contributed by atoms with van der Waals surface area (Å²) in [6, 6.07) is 8.92. The molecule has 1 aromatic rings. The number of benzene rings is 1. The van der Waals surface area contributed by atoms with Crippen LogP contribution in [0.1, 0.15) is 25.7 Å². The van der Waals surface area contributed by atoms with Crippen molar-refractivity contribution in [1.82, 2.24) is 10.6 Å². The van der Waals surface area contributed by atoms with E-state index in [0.717, 1.165) is 0 Å². The Labute approximate surface area is 140 Å². The lowest BCUT2D eigenvalue weighted by molar-refractivity contribution is -0.142. The highest BCUT2D eigenvalue weighted by molar-refractivity contribution is 5.85. The van der Waals surface area contributed by atoms with Gasteiger partial charge in [0.2, 0.25) is 5.91 Å². The van der Waals surface area contributed by atoms with Crippen LogP contribution in [-0.2, 0) is 14.4 Å². The van der Waals surface area contributed by atoms with Crippen molar-refractivity contribution in [3.63, 3.8) is 0 Å². The molecule has 130 valence electrons. The molecule has 3 N–H and O–H groups in total. The molecule has 1 fully saturated rings. The Balaban J connectivity index is 1.61. The SMILES string of the molecule is O=C(COc1ccccc1)NCC(=O)NC1CCC(C(=O)O)CC1. The molecule has 0 aromatic heterocycles. The van der Waals surface area contributed by atoms with Crippen molar-refractivity contribution in [3.8, 4) is 5.75 Å². The fraction of sp³-hybridized carbons (Fsp3) is 0.471. The number of carboxylic acid groups (broad SMARTS) is 1. The summed E-state index contributed by atoms with van der Waals surface area (Å²) in [7, 11) is 0. The van der Waals surface area contributed by atoms with Gasteiger partial charge in [-0.25, -0.2) is 0 Å². The van der Waals surface area contributed by atoms with Crippen LogP contribution in [0.3, 0.4) is 0 Å². The predicted molar refractivity (Wildman–Crippen MR) is 86.5 cm³/mol. The van der Waals surface area contributed by atoms with Crippen LogP contribution in [0.2, 0.25) is 0 Å². The van der Waals surface area contributed by atoms with E-state index < -0.39 is 5.97 Å². The van der Waals surface area contributed by atoms with E-state index in [1.54, 1.807) is 24.3 Å². The molecule has 7 heteroatoms. The average Bonchev–Trinajstić information content (AvgIpc) is 2.59. The Morgan fingerprint density at radius 2 is 1.71 bits per heavy atom. The Bertz CT molecular complexity index is 568. The van der Waals surface area contributed by atoms with Gasteiger partial charge in [-0.15, -0.1) is 0 Å². The van der Waals surface area contributed by atoms with E-state index in [1.807, 2.05) is 6.07 Å². The quantitative estimate of drug-likeness (QED) is 0.688. The smallest absolute Gasteiger partial charge is 0.306 e. The number of amides is 2. The van der Waals surface area contributed by atoms with Crippen LogP contribution in [0.15, 0.2) is 30.3 Å². The Hall–Kier alpha value is -2.57. The van der Waals surface area contributed by atoms with Crippen molar-refractivity contribution in [1.29, 1.82) is 0 Å². The first-order valence-electron chi connectivity index (χ1n) is 8.01. The Kier molecular flexibility index (Phi) is 6.60. The zero-order valence-corrected chi connectivity index (χ0v) is 13.4. The third kappa shape index (κ3) is 5.91. The van der Waals surface area contributed by atoms with E-state index in [2.05, 4.69) is 10.6 Å². The van der Waals surface area contributed by atoms with Crippen molar-refractivity contribution in [2.24, 2.45) is 5.92 Å². The van der Waals surface area contributed by atoms with E-state index in [9.17, 15) is 14.4 Å². The summed E-state index contributed by atoms with van der Waals surface area (Å²) in [6.45, 7) is -0.267. The molecule has 1 saturated carbocycles. The van der Waals surface area contributed by atoms with Crippen LogP contribution in [0, 0.1) is 5.92 Å². The zero-order chi connectivity index (χ0) is 17.4. The van der Waals surface area contributed by atoms with Crippen LogP contribution in [0.4, 0.5) is 0 Å². The zero-order valence-electron chi connectivity index (χ0n) is 13.4. The summed E-state index contributed by atoms with van der Waals surface area (Å²) >= 11 is 0. The van der Waals surface area contributed by atoms with E-state index >= 15 is 0 Å². The molecule has 2 rings (SSSR count). The number of aliphatic carboxylic acids is 1. The largest absolute Gasteiger partial charge is 0.484 e. The first kappa shape index (κ1) is 17.8. The van der Waals surface area contributed by atoms with Gasteiger partial charge >= 0.3 is 5.97 Å². The fourth-order valence-electron chi connectivity index (χ4n) is 2.66. The number of rotatable bonds is 7. The Morgan fingerprint density at radius 3 is 2.33 bits per heavy atom. The lowest BCUT2D eigenvalue weighted by Gasteiger charge is -2.26. The first-order chi connectivity index (χ1) is 11.5. The molecule has 0 atom stereocenters. The third-order valence-electron chi connectivity index (χ3n) is 4.00. The van der Waals surface area contributed by atoms with Crippen molar-refractivity contribution in [2.45, 2.75) is 31.7 Å². The summed E-state index contributed by atoms with van der Waals surface area (Å²) in [4.78, 5) is 34.4. The summed E-state index contributed by atoms with van der Waals surface area (Å²) in [6.07, 6.45) is 2.43. The number of ether oxygens (including phenoxy) is 1. The van der Waals surface area contributed by atoms with Gasteiger partial charge in [0.1, 0.15) is 5.75 Å². The number of nitrogens with one attached hydrogen (secondary N) is 2. The molecular weight excluding hydrogens is 312 g/mol. The maximum atomic E-state index is 11.8. The Morgan fingerprint density at radius 1 is 1.04 bits per heavy atom. The van der Waals surface area contributed by atoms with Crippen LogP contribution in [0.25, 0.3) is 0 Å². The van der Waals surface area contributed by atoms with Gasteiger partial charge in [-0.2, -0.15) is 0 Å². The average molecular weight is 334 g/mol. The first-order valence-corrected chi connectivity index (χ1v) is 8.01. The van der Waals surface area contributed by atoms with Crippen molar-refractivity contribution in [3.05, 3.63) is 30.3 Å². The minimum atomic E-state index is -0.773. The molecule has 0 heterocycles.